The van der Waals surface area contributed by atoms with Crippen molar-refractivity contribution in [2.45, 2.75) is 39.4 Å². The van der Waals surface area contributed by atoms with Crippen LogP contribution in [-0.2, 0) is 4.74 Å². The van der Waals surface area contributed by atoms with Crippen molar-refractivity contribution in [2.24, 2.45) is 0 Å². The van der Waals surface area contributed by atoms with E-state index in [-0.39, 0.29) is 11.7 Å². The maximum atomic E-state index is 5.63. The fraction of sp³-hybridized carbons (Fsp3) is 0.538. The van der Waals surface area contributed by atoms with Crippen molar-refractivity contribution in [1.82, 2.24) is 0 Å². The zero-order valence-electron chi connectivity index (χ0n) is 10.0. The van der Waals surface area contributed by atoms with E-state index < -0.39 is 0 Å². The Hall–Kier alpha value is -1.02. The van der Waals surface area contributed by atoms with Crippen LogP contribution in [0.3, 0.4) is 0 Å². The van der Waals surface area contributed by atoms with Gasteiger partial charge >= 0.3 is 0 Å². The second-order valence-electron chi connectivity index (χ2n) is 4.79. The van der Waals surface area contributed by atoms with Gasteiger partial charge in [-0.25, -0.2) is 0 Å². The standard InChI is InChI=1S/C13H18O2/c1-8-6-10(12-13(3,4)15-12)7-9(2)11(8)14-5/h6-7,12H,1-5H3. The number of hydrogen-bond acceptors (Lipinski definition) is 2. The van der Waals surface area contributed by atoms with Gasteiger partial charge in [0.25, 0.3) is 0 Å². The Bertz CT molecular complexity index is 371. The van der Waals surface area contributed by atoms with Crippen molar-refractivity contribution in [2.75, 3.05) is 7.11 Å². The molecule has 1 heterocycles. The lowest BCUT2D eigenvalue weighted by atomic mass is 9.98. The molecule has 0 aliphatic carbocycles. The third-order valence-electron chi connectivity index (χ3n) is 2.99. The second-order valence-corrected chi connectivity index (χ2v) is 4.79. The molecule has 2 heteroatoms. The molecule has 1 aromatic rings. The van der Waals surface area contributed by atoms with Crippen LogP contribution >= 0.6 is 0 Å². The number of epoxide rings is 1. The summed E-state index contributed by atoms with van der Waals surface area (Å²) in [6.45, 7) is 8.38. The average Bonchev–Trinajstić information content (AvgIpc) is 2.74. The molecule has 0 aromatic heterocycles. The summed E-state index contributed by atoms with van der Waals surface area (Å²) in [4.78, 5) is 0. The third-order valence-corrected chi connectivity index (χ3v) is 2.99. The van der Waals surface area contributed by atoms with Crippen molar-refractivity contribution >= 4 is 0 Å². The third kappa shape index (κ3) is 1.74. The van der Waals surface area contributed by atoms with Gasteiger partial charge in [-0.1, -0.05) is 0 Å². The number of benzene rings is 1. The van der Waals surface area contributed by atoms with Gasteiger partial charge in [-0.15, -0.1) is 0 Å². The first-order valence-electron chi connectivity index (χ1n) is 5.28. The van der Waals surface area contributed by atoms with Crippen LogP contribution in [0.1, 0.15) is 36.6 Å². The van der Waals surface area contributed by atoms with E-state index in [1.165, 1.54) is 16.7 Å². The van der Waals surface area contributed by atoms with Crippen LogP contribution in [0.15, 0.2) is 12.1 Å². The van der Waals surface area contributed by atoms with E-state index >= 15 is 0 Å². The fourth-order valence-corrected chi connectivity index (χ4v) is 2.20. The van der Waals surface area contributed by atoms with Crippen molar-refractivity contribution in [3.05, 3.63) is 28.8 Å². The van der Waals surface area contributed by atoms with Crippen molar-refractivity contribution in [1.29, 1.82) is 0 Å². The Labute approximate surface area is 91.2 Å². The minimum absolute atomic E-state index is 0.00741. The van der Waals surface area contributed by atoms with Crippen molar-refractivity contribution in [3.63, 3.8) is 0 Å². The molecule has 1 aliphatic heterocycles. The summed E-state index contributed by atoms with van der Waals surface area (Å²) in [5.74, 6) is 0.984. The Morgan fingerprint density at radius 2 is 1.67 bits per heavy atom. The van der Waals surface area contributed by atoms with Gasteiger partial charge in [-0.05, 0) is 56.5 Å². The molecule has 1 fully saturated rings. The highest BCUT2D eigenvalue weighted by Crippen LogP contribution is 2.49. The monoisotopic (exact) mass is 206 g/mol. The molecule has 2 rings (SSSR count). The zero-order valence-corrected chi connectivity index (χ0v) is 10.0. The second kappa shape index (κ2) is 3.24. The highest BCUT2D eigenvalue weighted by molar-refractivity contribution is 5.45. The van der Waals surface area contributed by atoms with E-state index in [9.17, 15) is 0 Å². The lowest BCUT2D eigenvalue weighted by Crippen LogP contribution is -1.99. The van der Waals surface area contributed by atoms with E-state index in [0.29, 0.717) is 0 Å². The molecule has 0 amide bonds. The molecule has 1 saturated heterocycles. The van der Waals surface area contributed by atoms with Gasteiger partial charge in [0.1, 0.15) is 11.9 Å². The van der Waals surface area contributed by atoms with Crippen LogP contribution in [0.2, 0.25) is 0 Å². The summed E-state index contributed by atoms with van der Waals surface area (Å²) in [7, 11) is 1.71. The van der Waals surface area contributed by atoms with Gasteiger partial charge in [0, 0.05) is 0 Å². The Kier molecular flexibility index (Phi) is 2.27. The first-order chi connectivity index (χ1) is 6.95. The van der Waals surface area contributed by atoms with E-state index in [1.807, 2.05) is 0 Å². The lowest BCUT2D eigenvalue weighted by molar-refractivity contribution is 0.325. The van der Waals surface area contributed by atoms with Crippen LogP contribution in [0.25, 0.3) is 0 Å². The highest BCUT2D eigenvalue weighted by Gasteiger charge is 2.48. The number of aryl methyl sites for hydroxylation is 2. The van der Waals surface area contributed by atoms with E-state index in [4.69, 9.17) is 9.47 Å². The first kappa shape index (κ1) is 10.5. The molecule has 0 spiro atoms. The molecule has 0 saturated carbocycles. The van der Waals surface area contributed by atoms with Gasteiger partial charge in [-0.3, -0.25) is 0 Å². The summed E-state index contributed by atoms with van der Waals surface area (Å²) in [5, 5.41) is 0. The van der Waals surface area contributed by atoms with Gasteiger partial charge < -0.3 is 9.47 Å². The fourth-order valence-electron chi connectivity index (χ4n) is 2.20. The molecular formula is C13H18O2. The molecule has 1 unspecified atom stereocenters. The van der Waals surface area contributed by atoms with Gasteiger partial charge in [0.15, 0.2) is 0 Å². The predicted octanol–water partition coefficient (Wildman–Crippen LogP) is 3.16. The normalized spacial score (nSPS) is 22.6. The number of rotatable bonds is 2. The minimum Gasteiger partial charge on any atom is -0.496 e. The molecule has 82 valence electrons. The van der Waals surface area contributed by atoms with E-state index in [0.717, 1.165) is 5.75 Å². The first-order valence-corrected chi connectivity index (χ1v) is 5.28. The van der Waals surface area contributed by atoms with Crippen LogP contribution < -0.4 is 4.74 Å². The molecule has 2 nitrogen and oxygen atoms in total. The number of ether oxygens (including phenoxy) is 2. The summed E-state index contributed by atoms with van der Waals surface area (Å²) in [6.07, 6.45) is 0.251. The summed E-state index contributed by atoms with van der Waals surface area (Å²) >= 11 is 0. The molecule has 0 bridgehead atoms. The van der Waals surface area contributed by atoms with Crippen molar-refractivity contribution < 1.29 is 9.47 Å². The Morgan fingerprint density at radius 1 is 1.20 bits per heavy atom. The number of methoxy groups -OCH3 is 1. The predicted molar refractivity (Wildman–Crippen MR) is 60.4 cm³/mol. The van der Waals surface area contributed by atoms with Gasteiger partial charge in [0.2, 0.25) is 0 Å². The molecule has 1 aliphatic rings. The zero-order chi connectivity index (χ0) is 11.2. The van der Waals surface area contributed by atoms with Gasteiger partial charge in [-0.2, -0.15) is 0 Å². The Balaban J connectivity index is 2.37. The summed E-state index contributed by atoms with van der Waals surface area (Å²) in [6, 6.07) is 4.32. The summed E-state index contributed by atoms with van der Waals surface area (Å²) in [5.41, 5.74) is 3.63. The maximum absolute atomic E-state index is 5.63. The summed E-state index contributed by atoms with van der Waals surface area (Å²) < 4.78 is 11.0. The molecular weight excluding hydrogens is 188 g/mol. The van der Waals surface area contributed by atoms with E-state index in [1.54, 1.807) is 7.11 Å². The largest absolute Gasteiger partial charge is 0.496 e. The van der Waals surface area contributed by atoms with Gasteiger partial charge in [0.05, 0.1) is 12.7 Å². The Morgan fingerprint density at radius 3 is 2.00 bits per heavy atom. The lowest BCUT2D eigenvalue weighted by Gasteiger charge is -2.10. The SMILES string of the molecule is COc1c(C)cc(C2OC2(C)C)cc1C. The molecule has 0 radical (unpaired) electrons. The highest BCUT2D eigenvalue weighted by atomic mass is 16.6. The molecule has 1 atom stereocenters. The quantitative estimate of drug-likeness (QED) is 0.693. The van der Waals surface area contributed by atoms with Crippen LogP contribution in [-0.4, -0.2) is 12.7 Å². The molecule has 15 heavy (non-hydrogen) atoms. The average molecular weight is 206 g/mol. The number of hydrogen-bond donors (Lipinski definition) is 0. The van der Waals surface area contributed by atoms with Crippen molar-refractivity contribution in [3.8, 4) is 5.75 Å². The van der Waals surface area contributed by atoms with Crippen LogP contribution in [0.4, 0.5) is 0 Å². The van der Waals surface area contributed by atoms with E-state index in [2.05, 4.69) is 39.8 Å². The topological polar surface area (TPSA) is 21.8 Å². The van der Waals surface area contributed by atoms with Crippen LogP contribution in [0, 0.1) is 13.8 Å². The smallest absolute Gasteiger partial charge is 0.124 e. The minimum atomic E-state index is 0.00741. The molecule has 1 aromatic carbocycles. The van der Waals surface area contributed by atoms with Crippen LogP contribution in [0.5, 0.6) is 5.75 Å². The maximum Gasteiger partial charge on any atom is 0.124 e. The molecule has 0 N–H and O–H groups in total.